The summed E-state index contributed by atoms with van der Waals surface area (Å²) in [5.41, 5.74) is 5.65. The van der Waals surface area contributed by atoms with Crippen LogP contribution in [0.1, 0.15) is 37.3 Å². The van der Waals surface area contributed by atoms with Crippen molar-refractivity contribution in [2.45, 2.75) is 44.2 Å². The smallest absolute Gasteiger partial charge is 0.406 e. The number of aliphatic hydroxyl groups is 1. The van der Waals surface area contributed by atoms with Crippen LogP contribution < -0.4 is 10.5 Å². The SMILES string of the molecule is N[C@H](c1cc(OC(F)(F)F)ccc1F)[C@@H](O)C1CCCC1. The minimum atomic E-state index is -4.86. The molecule has 1 saturated carbocycles. The van der Waals surface area contributed by atoms with Crippen molar-refractivity contribution in [1.82, 2.24) is 0 Å². The first kappa shape index (κ1) is 16.0. The largest absolute Gasteiger partial charge is 0.573 e. The molecule has 7 heteroatoms. The van der Waals surface area contributed by atoms with Gasteiger partial charge in [-0.25, -0.2) is 4.39 Å². The molecule has 0 saturated heterocycles. The molecule has 1 fully saturated rings. The van der Waals surface area contributed by atoms with Crippen molar-refractivity contribution in [3.63, 3.8) is 0 Å². The molecule has 0 radical (unpaired) electrons. The molecule has 0 heterocycles. The second-order valence-corrected chi connectivity index (χ2v) is 5.29. The molecule has 0 spiro atoms. The third kappa shape index (κ3) is 4.07. The first-order valence-corrected chi connectivity index (χ1v) is 6.77. The fourth-order valence-corrected chi connectivity index (χ4v) is 2.75. The number of halogens is 4. The van der Waals surface area contributed by atoms with E-state index in [0.717, 1.165) is 43.9 Å². The standard InChI is InChI=1S/C14H17F4NO2/c15-11-6-5-9(21-14(16,17)18)7-10(11)12(19)13(20)8-3-1-2-4-8/h5-8,12-13,20H,1-4,19H2/t12-,13+/m1/s1. The normalized spacial score (nSPS) is 19.5. The van der Waals surface area contributed by atoms with Crippen molar-refractivity contribution in [3.8, 4) is 5.75 Å². The van der Waals surface area contributed by atoms with Crippen LogP contribution in [0.25, 0.3) is 0 Å². The third-order valence-electron chi connectivity index (χ3n) is 3.81. The summed E-state index contributed by atoms with van der Waals surface area (Å²) in [5, 5.41) is 10.2. The fourth-order valence-electron chi connectivity index (χ4n) is 2.75. The minimum Gasteiger partial charge on any atom is -0.406 e. The van der Waals surface area contributed by atoms with Crippen LogP contribution in [0.4, 0.5) is 17.6 Å². The van der Waals surface area contributed by atoms with E-state index in [4.69, 9.17) is 5.73 Å². The summed E-state index contributed by atoms with van der Waals surface area (Å²) in [6.45, 7) is 0. The van der Waals surface area contributed by atoms with E-state index in [1.54, 1.807) is 0 Å². The number of hydrogen-bond donors (Lipinski definition) is 2. The summed E-state index contributed by atoms with van der Waals surface area (Å²) < 4.78 is 54.1. The van der Waals surface area contributed by atoms with Gasteiger partial charge in [-0.2, -0.15) is 0 Å². The van der Waals surface area contributed by atoms with Crippen LogP contribution in [0, 0.1) is 11.7 Å². The molecular weight excluding hydrogens is 290 g/mol. The van der Waals surface area contributed by atoms with Gasteiger partial charge in [0.25, 0.3) is 0 Å². The van der Waals surface area contributed by atoms with Gasteiger partial charge < -0.3 is 15.6 Å². The fraction of sp³-hybridized carbons (Fsp3) is 0.571. The predicted octanol–water partition coefficient (Wildman–Crippen LogP) is 3.28. The molecule has 3 nitrogen and oxygen atoms in total. The van der Waals surface area contributed by atoms with Gasteiger partial charge in [0, 0.05) is 5.56 Å². The van der Waals surface area contributed by atoms with E-state index >= 15 is 0 Å². The third-order valence-corrected chi connectivity index (χ3v) is 3.81. The lowest BCUT2D eigenvalue weighted by Gasteiger charge is -2.25. The maximum Gasteiger partial charge on any atom is 0.573 e. The molecule has 3 N–H and O–H groups in total. The van der Waals surface area contributed by atoms with Crippen LogP contribution in [-0.4, -0.2) is 17.6 Å². The molecule has 2 rings (SSSR count). The Morgan fingerprint density at radius 1 is 1.24 bits per heavy atom. The van der Waals surface area contributed by atoms with Crippen LogP contribution in [0.2, 0.25) is 0 Å². The maximum absolute atomic E-state index is 13.8. The molecule has 0 bridgehead atoms. The highest BCUT2D eigenvalue weighted by molar-refractivity contribution is 5.32. The number of hydrogen-bond acceptors (Lipinski definition) is 3. The summed E-state index contributed by atoms with van der Waals surface area (Å²) in [5.74, 6) is -1.35. The van der Waals surface area contributed by atoms with E-state index in [-0.39, 0.29) is 11.5 Å². The Hall–Kier alpha value is -1.34. The first-order chi connectivity index (χ1) is 9.78. The molecule has 1 aliphatic carbocycles. The Kier molecular flexibility index (Phi) is 4.73. The lowest BCUT2D eigenvalue weighted by atomic mass is 9.90. The summed E-state index contributed by atoms with van der Waals surface area (Å²) in [4.78, 5) is 0. The molecule has 0 amide bonds. The zero-order valence-corrected chi connectivity index (χ0v) is 11.2. The van der Waals surface area contributed by atoms with Crippen molar-refractivity contribution in [3.05, 3.63) is 29.6 Å². The Morgan fingerprint density at radius 2 is 1.86 bits per heavy atom. The van der Waals surface area contributed by atoms with Gasteiger partial charge in [0.05, 0.1) is 12.1 Å². The van der Waals surface area contributed by atoms with Gasteiger partial charge in [-0.1, -0.05) is 12.8 Å². The molecule has 0 aliphatic heterocycles. The van der Waals surface area contributed by atoms with Crippen molar-refractivity contribution in [2.24, 2.45) is 11.7 Å². The van der Waals surface area contributed by atoms with Gasteiger partial charge in [0.2, 0.25) is 0 Å². The van der Waals surface area contributed by atoms with Gasteiger partial charge in [-0.05, 0) is 37.0 Å². The van der Waals surface area contributed by atoms with E-state index in [1.807, 2.05) is 0 Å². The molecular formula is C14H17F4NO2. The number of benzene rings is 1. The van der Waals surface area contributed by atoms with Gasteiger partial charge in [-0.15, -0.1) is 13.2 Å². The molecule has 21 heavy (non-hydrogen) atoms. The molecule has 0 unspecified atom stereocenters. The predicted molar refractivity (Wildman–Crippen MR) is 68.0 cm³/mol. The van der Waals surface area contributed by atoms with Crippen LogP contribution in [0.5, 0.6) is 5.75 Å². The maximum atomic E-state index is 13.8. The number of rotatable bonds is 4. The van der Waals surface area contributed by atoms with Crippen LogP contribution in [0.3, 0.4) is 0 Å². The van der Waals surface area contributed by atoms with E-state index in [9.17, 15) is 22.7 Å². The van der Waals surface area contributed by atoms with Gasteiger partial charge >= 0.3 is 6.36 Å². The summed E-state index contributed by atoms with van der Waals surface area (Å²) in [6, 6.07) is 1.55. The van der Waals surface area contributed by atoms with Crippen molar-refractivity contribution in [2.75, 3.05) is 0 Å². The van der Waals surface area contributed by atoms with Gasteiger partial charge in [0.1, 0.15) is 11.6 Å². The number of alkyl halides is 3. The summed E-state index contributed by atoms with van der Waals surface area (Å²) >= 11 is 0. The van der Waals surface area contributed by atoms with Crippen molar-refractivity contribution < 1.29 is 27.4 Å². The molecule has 0 aromatic heterocycles. The summed E-state index contributed by atoms with van der Waals surface area (Å²) in [6.07, 6.45) is -2.33. The Labute approximate surface area is 119 Å². The van der Waals surface area contributed by atoms with Crippen molar-refractivity contribution in [1.29, 1.82) is 0 Å². The highest BCUT2D eigenvalue weighted by Crippen LogP contribution is 2.34. The van der Waals surface area contributed by atoms with Crippen LogP contribution in [-0.2, 0) is 0 Å². The number of aliphatic hydroxyl groups excluding tert-OH is 1. The number of ether oxygens (including phenoxy) is 1. The quantitative estimate of drug-likeness (QED) is 0.839. The molecule has 1 aliphatic rings. The topological polar surface area (TPSA) is 55.5 Å². The van der Waals surface area contributed by atoms with Crippen LogP contribution in [0.15, 0.2) is 18.2 Å². The first-order valence-electron chi connectivity index (χ1n) is 6.77. The highest BCUT2D eigenvalue weighted by atomic mass is 19.4. The average molecular weight is 307 g/mol. The lowest BCUT2D eigenvalue weighted by molar-refractivity contribution is -0.274. The van der Waals surface area contributed by atoms with E-state index < -0.39 is 30.1 Å². The number of nitrogens with two attached hydrogens (primary N) is 1. The van der Waals surface area contributed by atoms with E-state index in [1.165, 1.54) is 0 Å². The second-order valence-electron chi connectivity index (χ2n) is 5.29. The molecule has 1 aromatic carbocycles. The van der Waals surface area contributed by atoms with E-state index in [0.29, 0.717) is 0 Å². The Bertz CT molecular complexity index is 486. The Balaban J connectivity index is 2.18. The van der Waals surface area contributed by atoms with E-state index in [2.05, 4.69) is 4.74 Å². The average Bonchev–Trinajstić information content (AvgIpc) is 2.91. The van der Waals surface area contributed by atoms with Crippen molar-refractivity contribution >= 4 is 0 Å². The zero-order chi connectivity index (χ0) is 15.6. The lowest BCUT2D eigenvalue weighted by Crippen LogP contribution is -2.32. The molecule has 118 valence electrons. The molecule has 2 atom stereocenters. The summed E-state index contributed by atoms with van der Waals surface area (Å²) in [7, 11) is 0. The minimum absolute atomic E-state index is 0.0495. The Morgan fingerprint density at radius 3 is 2.43 bits per heavy atom. The van der Waals surface area contributed by atoms with Gasteiger partial charge in [-0.3, -0.25) is 0 Å². The van der Waals surface area contributed by atoms with Gasteiger partial charge in [0.15, 0.2) is 0 Å². The molecule has 1 aromatic rings. The highest BCUT2D eigenvalue weighted by Gasteiger charge is 2.33. The van der Waals surface area contributed by atoms with Crippen LogP contribution >= 0.6 is 0 Å². The zero-order valence-electron chi connectivity index (χ0n) is 11.2. The second kappa shape index (κ2) is 6.19. The monoisotopic (exact) mass is 307 g/mol.